The van der Waals surface area contributed by atoms with Crippen LogP contribution in [0.4, 0.5) is 5.82 Å². The molecular formula is C9H11N3S. The highest BCUT2D eigenvalue weighted by atomic mass is 32.1. The molecule has 0 aromatic carbocycles. The molecule has 0 unspecified atom stereocenters. The predicted molar refractivity (Wildman–Crippen MR) is 54.2 cm³/mol. The Morgan fingerprint density at radius 3 is 3.15 bits per heavy atom. The highest BCUT2D eigenvalue weighted by Crippen LogP contribution is 2.33. The van der Waals surface area contributed by atoms with Crippen LogP contribution in [0.2, 0.25) is 0 Å². The number of nitrogen functional groups attached to an aromatic ring is 1. The summed E-state index contributed by atoms with van der Waals surface area (Å²) in [5.41, 5.74) is 8.32. The molecule has 2 aromatic heterocycles. The van der Waals surface area contributed by atoms with Gasteiger partial charge in [-0.3, -0.25) is 4.40 Å². The number of hydrogen-bond acceptors (Lipinski definition) is 3. The van der Waals surface area contributed by atoms with Crippen molar-refractivity contribution in [2.75, 3.05) is 5.73 Å². The van der Waals surface area contributed by atoms with Crippen LogP contribution in [-0.2, 0) is 12.8 Å². The first kappa shape index (κ1) is 7.38. The van der Waals surface area contributed by atoms with Gasteiger partial charge in [0, 0.05) is 10.6 Å². The lowest BCUT2D eigenvalue weighted by Gasteiger charge is -1.95. The van der Waals surface area contributed by atoms with Gasteiger partial charge in [-0.15, -0.1) is 11.3 Å². The number of rotatable bonds is 0. The van der Waals surface area contributed by atoms with Crippen molar-refractivity contribution in [2.45, 2.75) is 26.2 Å². The van der Waals surface area contributed by atoms with Gasteiger partial charge in [-0.05, 0) is 26.2 Å². The number of imidazole rings is 1. The molecule has 1 aliphatic carbocycles. The van der Waals surface area contributed by atoms with Crippen molar-refractivity contribution in [1.82, 2.24) is 9.38 Å². The normalized spacial score (nSPS) is 15.5. The van der Waals surface area contributed by atoms with Crippen LogP contribution in [0.3, 0.4) is 0 Å². The van der Waals surface area contributed by atoms with E-state index in [-0.39, 0.29) is 0 Å². The number of nitrogens with zero attached hydrogens (tertiary/aromatic N) is 2. The summed E-state index contributed by atoms with van der Waals surface area (Å²) >= 11 is 1.79. The lowest BCUT2D eigenvalue weighted by Crippen LogP contribution is -1.96. The van der Waals surface area contributed by atoms with Gasteiger partial charge in [0.2, 0.25) is 0 Å². The summed E-state index contributed by atoms with van der Waals surface area (Å²) in [6.07, 6.45) is 3.64. The number of aromatic nitrogens is 2. The average molecular weight is 193 g/mol. The smallest absolute Gasteiger partial charge is 0.196 e. The van der Waals surface area contributed by atoms with Crippen molar-refractivity contribution in [2.24, 2.45) is 0 Å². The minimum atomic E-state index is 0.828. The lowest BCUT2D eigenvalue weighted by atomic mass is 10.3. The summed E-state index contributed by atoms with van der Waals surface area (Å²) in [4.78, 5) is 6.98. The van der Waals surface area contributed by atoms with Crippen molar-refractivity contribution in [3.8, 4) is 0 Å². The Hall–Kier alpha value is -1.03. The van der Waals surface area contributed by atoms with Gasteiger partial charge in [0.25, 0.3) is 0 Å². The molecule has 2 aromatic rings. The van der Waals surface area contributed by atoms with Gasteiger partial charge in [-0.25, -0.2) is 4.98 Å². The molecule has 0 atom stereocenters. The van der Waals surface area contributed by atoms with Crippen LogP contribution in [0.15, 0.2) is 0 Å². The minimum Gasteiger partial charge on any atom is -0.383 e. The summed E-state index contributed by atoms with van der Waals surface area (Å²) in [7, 11) is 0. The Bertz CT molecular complexity index is 480. The third-order valence-electron chi connectivity index (χ3n) is 2.69. The van der Waals surface area contributed by atoms with E-state index in [1.807, 2.05) is 6.92 Å². The Morgan fingerprint density at radius 1 is 1.46 bits per heavy atom. The fraction of sp³-hybridized carbons (Fsp3) is 0.444. The Labute approximate surface area is 80.2 Å². The van der Waals surface area contributed by atoms with Gasteiger partial charge < -0.3 is 5.73 Å². The molecule has 0 spiro atoms. The monoisotopic (exact) mass is 193 g/mol. The minimum absolute atomic E-state index is 0.828. The first-order valence-corrected chi connectivity index (χ1v) is 5.34. The molecule has 0 saturated heterocycles. The zero-order valence-corrected chi connectivity index (χ0v) is 8.32. The zero-order valence-electron chi connectivity index (χ0n) is 7.50. The van der Waals surface area contributed by atoms with E-state index < -0.39 is 0 Å². The molecule has 0 amide bonds. The van der Waals surface area contributed by atoms with E-state index in [0.717, 1.165) is 22.9 Å². The summed E-state index contributed by atoms with van der Waals surface area (Å²) < 4.78 is 2.13. The van der Waals surface area contributed by atoms with Crippen molar-refractivity contribution >= 4 is 22.1 Å². The Balaban J connectivity index is 2.44. The number of nitrogens with two attached hydrogens (primary N) is 1. The molecule has 0 saturated carbocycles. The van der Waals surface area contributed by atoms with Gasteiger partial charge >= 0.3 is 0 Å². The van der Waals surface area contributed by atoms with E-state index in [9.17, 15) is 0 Å². The van der Waals surface area contributed by atoms with E-state index in [2.05, 4.69) is 9.38 Å². The summed E-state index contributed by atoms with van der Waals surface area (Å²) in [6.45, 7) is 1.97. The van der Waals surface area contributed by atoms with Crippen LogP contribution in [0.25, 0.3) is 4.96 Å². The molecule has 0 aliphatic heterocycles. The second-order valence-electron chi connectivity index (χ2n) is 3.53. The molecule has 3 nitrogen and oxygen atoms in total. The second kappa shape index (κ2) is 2.26. The first-order chi connectivity index (χ1) is 6.27. The van der Waals surface area contributed by atoms with Crippen LogP contribution in [0.1, 0.15) is 22.7 Å². The molecule has 2 heterocycles. The predicted octanol–water partition coefficient (Wildman–Crippen LogP) is 1.78. The number of anilines is 1. The van der Waals surface area contributed by atoms with Crippen LogP contribution in [-0.4, -0.2) is 9.38 Å². The molecule has 3 rings (SSSR count). The second-order valence-corrected chi connectivity index (χ2v) is 4.59. The van der Waals surface area contributed by atoms with E-state index in [1.165, 1.54) is 23.4 Å². The van der Waals surface area contributed by atoms with Crippen LogP contribution < -0.4 is 5.73 Å². The molecular weight excluding hydrogens is 182 g/mol. The van der Waals surface area contributed by atoms with Crippen molar-refractivity contribution in [1.29, 1.82) is 0 Å². The quantitative estimate of drug-likeness (QED) is 0.693. The zero-order chi connectivity index (χ0) is 9.00. The van der Waals surface area contributed by atoms with E-state index in [4.69, 9.17) is 5.73 Å². The van der Waals surface area contributed by atoms with Gasteiger partial charge in [0.05, 0.1) is 5.69 Å². The lowest BCUT2D eigenvalue weighted by molar-refractivity contribution is 0.890. The number of fused-ring (bicyclic) bond motifs is 3. The summed E-state index contributed by atoms with van der Waals surface area (Å²) in [5, 5.41) is 0. The highest BCUT2D eigenvalue weighted by Gasteiger charge is 2.20. The Kier molecular flexibility index (Phi) is 1.28. The topological polar surface area (TPSA) is 43.3 Å². The fourth-order valence-corrected chi connectivity index (χ4v) is 3.26. The van der Waals surface area contributed by atoms with Crippen LogP contribution in [0, 0.1) is 6.92 Å². The van der Waals surface area contributed by atoms with E-state index >= 15 is 0 Å². The first-order valence-electron chi connectivity index (χ1n) is 4.52. The molecule has 0 bridgehead atoms. The highest BCUT2D eigenvalue weighted by molar-refractivity contribution is 7.17. The van der Waals surface area contributed by atoms with Crippen LogP contribution >= 0.6 is 11.3 Å². The summed E-state index contributed by atoms with van der Waals surface area (Å²) in [6, 6.07) is 0. The van der Waals surface area contributed by atoms with Crippen molar-refractivity contribution in [3.63, 3.8) is 0 Å². The maximum atomic E-state index is 5.96. The molecule has 68 valence electrons. The fourth-order valence-electron chi connectivity index (χ4n) is 2.00. The van der Waals surface area contributed by atoms with Crippen molar-refractivity contribution in [3.05, 3.63) is 16.3 Å². The van der Waals surface area contributed by atoms with Gasteiger partial charge in [0.15, 0.2) is 4.96 Å². The van der Waals surface area contributed by atoms with E-state index in [0.29, 0.717) is 0 Å². The van der Waals surface area contributed by atoms with Gasteiger partial charge in [-0.2, -0.15) is 0 Å². The standard InChI is InChI=1S/C9H11N3S/c1-5-8(10)12-6-3-2-4-7(6)13-9(12)11-5/h2-4,10H2,1H3. The van der Waals surface area contributed by atoms with Crippen molar-refractivity contribution < 1.29 is 0 Å². The number of aryl methyl sites for hydroxylation is 3. The molecule has 13 heavy (non-hydrogen) atoms. The Morgan fingerprint density at radius 2 is 2.31 bits per heavy atom. The maximum absolute atomic E-state index is 5.96. The third-order valence-corrected chi connectivity index (χ3v) is 3.83. The molecule has 0 fully saturated rings. The molecule has 0 radical (unpaired) electrons. The number of thiazole rings is 1. The summed E-state index contributed by atoms with van der Waals surface area (Å²) in [5.74, 6) is 0.828. The number of hydrogen-bond donors (Lipinski definition) is 1. The maximum Gasteiger partial charge on any atom is 0.196 e. The third kappa shape index (κ3) is 0.812. The SMILES string of the molecule is Cc1nc2sc3c(n2c1N)CCC3. The van der Waals surface area contributed by atoms with Gasteiger partial charge in [-0.1, -0.05) is 0 Å². The molecule has 1 aliphatic rings. The van der Waals surface area contributed by atoms with Crippen LogP contribution in [0.5, 0.6) is 0 Å². The largest absolute Gasteiger partial charge is 0.383 e. The molecule has 4 heteroatoms. The molecule has 2 N–H and O–H groups in total. The van der Waals surface area contributed by atoms with Gasteiger partial charge in [0.1, 0.15) is 5.82 Å². The van der Waals surface area contributed by atoms with E-state index in [1.54, 1.807) is 11.3 Å². The average Bonchev–Trinajstić information content (AvgIpc) is 2.66.